The number of unbranched alkanes of at least 4 members (excludes halogenated alkanes) is 13. The highest BCUT2D eigenvalue weighted by Crippen LogP contribution is 2.12. The summed E-state index contributed by atoms with van der Waals surface area (Å²) in [7, 11) is 0. The molecule has 0 radical (unpaired) electrons. The van der Waals surface area contributed by atoms with Crippen molar-refractivity contribution in [1.29, 1.82) is 0 Å². The van der Waals surface area contributed by atoms with Crippen LogP contribution in [-0.2, 0) is 4.79 Å². The van der Waals surface area contributed by atoms with Gasteiger partial charge >= 0.3 is 0 Å². The smallest absolute Gasteiger partial charge is 0.220 e. The fourth-order valence-corrected chi connectivity index (χ4v) is 3.35. The highest BCUT2D eigenvalue weighted by molar-refractivity contribution is 5.76. The zero-order chi connectivity index (χ0) is 20.9. The summed E-state index contributed by atoms with van der Waals surface area (Å²) in [5.41, 5.74) is 0. The van der Waals surface area contributed by atoms with E-state index in [1.54, 1.807) is 6.08 Å². The third-order valence-electron chi connectivity index (χ3n) is 5.27. The Morgan fingerprint density at radius 2 is 1.32 bits per heavy atom. The topological polar surface area (TPSA) is 69.6 Å². The van der Waals surface area contributed by atoms with Crippen LogP contribution in [0.3, 0.4) is 0 Å². The maximum Gasteiger partial charge on any atom is 0.220 e. The van der Waals surface area contributed by atoms with Crippen LogP contribution in [0.4, 0.5) is 0 Å². The molecule has 1 amide bonds. The second-order valence-electron chi connectivity index (χ2n) is 8.06. The number of allylic oxidation sites excluding steroid dienone is 1. The first-order valence-electron chi connectivity index (χ1n) is 11.9. The molecule has 0 fully saturated rings. The van der Waals surface area contributed by atoms with E-state index in [1.807, 2.05) is 6.08 Å². The number of carbonyl (C=O) groups is 1. The van der Waals surface area contributed by atoms with E-state index < -0.39 is 12.1 Å². The van der Waals surface area contributed by atoms with Crippen LogP contribution in [-0.4, -0.2) is 34.9 Å². The van der Waals surface area contributed by atoms with Crippen molar-refractivity contribution in [2.75, 3.05) is 6.61 Å². The van der Waals surface area contributed by atoms with Gasteiger partial charge in [-0.05, 0) is 19.3 Å². The Labute approximate surface area is 174 Å². The number of rotatable bonds is 20. The van der Waals surface area contributed by atoms with Gasteiger partial charge in [0, 0.05) is 6.42 Å². The van der Waals surface area contributed by atoms with Gasteiger partial charge in [0.1, 0.15) is 0 Å². The average molecular weight is 398 g/mol. The van der Waals surface area contributed by atoms with Crippen LogP contribution >= 0.6 is 0 Å². The molecule has 0 aliphatic carbocycles. The third-order valence-corrected chi connectivity index (χ3v) is 5.27. The number of amides is 1. The van der Waals surface area contributed by atoms with E-state index in [2.05, 4.69) is 19.2 Å². The van der Waals surface area contributed by atoms with Crippen LogP contribution in [0.25, 0.3) is 0 Å². The minimum absolute atomic E-state index is 0.0923. The van der Waals surface area contributed by atoms with Crippen LogP contribution in [0.5, 0.6) is 0 Å². The van der Waals surface area contributed by atoms with Gasteiger partial charge in [0.05, 0.1) is 18.8 Å². The van der Waals surface area contributed by atoms with Crippen molar-refractivity contribution in [2.24, 2.45) is 0 Å². The molecule has 0 spiro atoms. The van der Waals surface area contributed by atoms with E-state index in [-0.39, 0.29) is 12.5 Å². The molecule has 0 aromatic rings. The van der Waals surface area contributed by atoms with E-state index in [0.29, 0.717) is 6.42 Å². The summed E-state index contributed by atoms with van der Waals surface area (Å²) in [4.78, 5) is 11.8. The zero-order valence-corrected chi connectivity index (χ0v) is 18.6. The van der Waals surface area contributed by atoms with Crippen molar-refractivity contribution in [3.8, 4) is 0 Å². The minimum atomic E-state index is -0.826. The van der Waals surface area contributed by atoms with Crippen molar-refractivity contribution < 1.29 is 15.0 Å². The molecule has 0 saturated heterocycles. The number of nitrogens with one attached hydrogen (secondary N) is 1. The molecular formula is C24H47NO3. The standard InChI is InChI=1S/C24H47NO3/c1-3-5-7-8-9-10-11-12-13-14-15-16-18-19-23(27)22(21-26)25-24(28)20-17-6-4-2/h18-19,22-23,26-27H,3-17,20-21H2,1-2H3,(H,25,28)/t22-,23-/m0/s1. The molecule has 166 valence electrons. The second kappa shape index (κ2) is 20.9. The molecule has 0 aromatic carbocycles. The second-order valence-corrected chi connectivity index (χ2v) is 8.06. The van der Waals surface area contributed by atoms with Gasteiger partial charge in [-0.3, -0.25) is 4.79 Å². The van der Waals surface area contributed by atoms with Crippen molar-refractivity contribution >= 4 is 5.91 Å². The highest BCUT2D eigenvalue weighted by Gasteiger charge is 2.17. The number of aliphatic hydroxyl groups excluding tert-OH is 2. The number of carbonyl (C=O) groups excluding carboxylic acids is 1. The molecule has 0 heterocycles. The molecule has 0 aliphatic heterocycles. The SMILES string of the molecule is CCCCCCCCCCCCCC=C[C@H](O)[C@H](CO)NC(=O)CCCCC. The Balaban J connectivity index is 3.66. The Bertz CT molecular complexity index is 371. The largest absolute Gasteiger partial charge is 0.394 e. The van der Waals surface area contributed by atoms with Crippen LogP contribution in [0.15, 0.2) is 12.2 Å². The number of hydrogen-bond acceptors (Lipinski definition) is 3. The molecule has 0 saturated carbocycles. The van der Waals surface area contributed by atoms with Crippen molar-refractivity contribution in [3.05, 3.63) is 12.2 Å². The first kappa shape index (κ1) is 27.1. The quantitative estimate of drug-likeness (QED) is 0.183. The van der Waals surface area contributed by atoms with Crippen LogP contribution in [0.1, 0.15) is 117 Å². The molecule has 0 aromatic heterocycles. The van der Waals surface area contributed by atoms with E-state index in [0.717, 1.165) is 32.1 Å². The maximum absolute atomic E-state index is 11.8. The van der Waals surface area contributed by atoms with Crippen LogP contribution < -0.4 is 5.32 Å². The van der Waals surface area contributed by atoms with Crippen molar-refractivity contribution in [2.45, 2.75) is 129 Å². The van der Waals surface area contributed by atoms with Gasteiger partial charge in [-0.1, -0.05) is 103 Å². The van der Waals surface area contributed by atoms with Crippen LogP contribution in [0.2, 0.25) is 0 Å². The van der Waals surface area contributed by atoms with E-state index >= 15 is 0 Å². The summed E-state index contributed by atoms with van der Waals surface area (Å²) in [6.07, 6.45) is 21.8. The van der Waals surface area contributed by atoms with Gasteiger partial charge in [0.2, 0.25) is 5.91 Å². The first-order valence-corrected chi connectivity index (χ1v) is 11.9. The summed E-state index contributed by atoms with van der Waals surface area (Å²) < 4.78 is 0. The molecular weight excluding hydrogens is 350 g/mol. The molecule has 2 atom stereocenters. The summed E-state index contributed by atoms with van der Waals surface area (Å²) >= 11 is 0. The van der Waals surface area contributed by atoms with Gasteiger partial charge in [-0.15, -0.1) is 0 Å². The lowest BCUT2D eigenvalue weighted by Crippen LogP contribution is -2.45. The van der Waals surface area contributed by atoms with E-state index in [1.165, 1.54) is 64.2 Å². The lowest BCUT2D eigenvalue weighted by atomic mass is 10.0. The Morgan fingerprint density at radius 1 is 0.821 bits per heavy atom. The Morgan fingerprint density at radius 3 is 1.86 bits per heavy atom. The zero-order valence-electron chi connectivity index (χ0n) is 18.6. The summed E-state index contributed by atoms with van der Waals surface area (Å²) in [6.45, 7) is 4.11. The van der Waals surface area contributed by atoms with Gasteiger partial charge in [-0.25, -0.2) is 0 Å². The van der Waals surface area contributed by atoms with Gasteiger partial charge < -0.3 is 15.5 Å². The van der Waals surface area contributed by atoms with Gasteiger partial charge in [0.15, 0.2) is 0 Å². The molecule has 4 heteroatoms. The fraction of sp³-hybridized carbons (Fsp3) is 0.875. The Kier molecular flexibility index (Phi) is 20.2. The predicted octanol–water partition coefficient (Wildman–Crippen LogP) is 5.66. The first-order chi connectivity index (χ1) is 13.7. The van der Waals surface area contributed by atoms with Gasteiger partial charge in [0.25, 0.3) is 0 Å². The molecule has 0 aliphatic rings. The van der Waals surface area contributed by atoms with E-state index in [4.69, 9.17) is 0 Å². The van der Waals surface area contributed by atoms with Crippen molar-refractivity contribution in [3.63, 3.8) is 0 Å². The minimum Gasteiger partial charge on any atom is -0.394 e. The van der Waals surface area contributed by atoms with Gasteiger partial charge in [-0.2, -0.15) is 0 Å². The fourth-order valence-electron chi connectivity index (χ4n) is 3.35. The highest BCUT2D eigenvalue weighted by atomic mass is 16.3. The molecule has 0 unspecified atom stereocenters. The van der Waals surface area contributed by atoms with E-state index in [9.17, 15) is 15.0 Å². The number of aliphatic hydroxyl groups is 2. The monoisotopic (exact) mass is 397 g/mol. The lowest BCUT2D eigenvalue weighted by molar-refractivity contribution is -0.123. The summed E-state index contributed by atoms with van der Waals surface area (Å²) in [5, 5.41) is 22.3. The summed E-state index contributed by atoms with van der Waals surface area (Å²) in [5.74, 6) is -0.0923. The lowest BCUT2D eigenvalue weighted by Gasteiger charge is -2.19. The molecule has 0 bridgehead atoms. The molecule has 3 N–H and O–H groups in total. The maximum atomic E-state index is 11.8. The molecule has 28 heavy (non-hydrogen) atoms. The third kappa shape index (κ3) is 17.2. The Hall–Kier alpha value is -0.870. The molecule has 0 rings (SSSR count). The van der Waals surface area contributed by atoms with Crippen LogP contribution in [0, 0.1) is 0 Å². The summed E-state index contributed by atoms with van der Waals surface area (Å²) in [6, 6.07) is -0.609. The predicted molar refractivity (Wildman–Crippen MR) is 119 cm³/mol. The van der Waals surface area contributed by atoms with Crippen molar-refractivity contribution in [1.82, 2.24) is 5.32 Å². The molecule has 4 nitrogen and oxygen atoms in total. The average Bonchev–Trinajstić information content (AvgIpc) is 2.69. The number of hydrogen-bond donors (Lipinski definition) is 3. The normalized spacial score (nSPS) is 13.7.